The number of hydrogen-bond donors (Lipinski definition) is 2. The summed E-state index contributed by atoms with van der Waals surface area (Å²) in [6.07, 6.45) is 0. The number of hydrogen-bond acceptors (Lipinski definition) is 6. The Morgan fingerprint density at radius 2 is 1.62 bits per heavy atom. The van der Waals surface area contributed by atoms with Gasteiger partial charge in [0.05, 0.1) is 25.7 Å². The number of aromatic hydroxyl groups is 1. The standard InChI is InChI=1S/C23H15ClN2O3S3/c24-14-9-11-15(12-10-14)32(28,29)26-19-13-21(22(27)17-6-2-1-5-16(17)19)31-23-25-18-7-3-4-8-20(18)30-23/h1-13,26-27H. The molecular formula is C23H15ClN2O3S3. The summed E-state index contributed by atoms with van der Waals surface area (Å²) in [5.41, 5.74) is 1.25. The average Bonchev–Trinajstić information content (AvgIpc) is 3.19. The minimum absolute atomic E-state index is 0.0827. The molecule has 0 atom stereocenters. The van der Waals surface area contributed by atoms with Crippen LogP contribution in [0.1, 0.15) is 0 Å². The highest BCUT2D eigenvalue weighted by Gasteiger charge is 2.19. The van der Waals surface area contributed by atoms with E-state index < -0.39 is 10.0 Å². The van der Waals surface area contributed by atoms with Gasteiger partial charge in [0.25, 0.3) is 10.0 Å². The van der Waals surface area contributed by atoms with E-state index in [0.717, 1.165) is 14.6 Å². The Morgan fingerprint density at radius 3 is 2.38 bits per heavy atom. The quantitative estimate of drug-likeness (QED) is 0.262. The summed E-state index contributed by atoms with van der Waals surface area (Å²) < 4.78 is 30.4. The number of nitrogens with one attached hydrogen (secondary N) is 1. The Balaban J connectivity index is 1.59. The zero-order valence-electron chi connectivity index (χ0n) is 16.3. The van der Waals surface area contributed by atoms with Gasteiger partial charge in [-0.3, -0.25) is 4.72 Å². The van der Waals surface area contributed by atoms with E-state index in [2.05, 4.69) is 9.71 Å². The van der Waals surface area contributed by atoms with E-state index in [4.69, 9.17) is 11.6 Å². The van der Waals surface area contributed by atoms with Crippen LogP contribution in [0.5, 0.6) is 5.75 Å². The van der Waals surface area contributed by atoms with Crippen LogP contribution in [0.15, 0.2) is 93.0 Å². The largest absolute Gasteiger partial charge is 0.506 e. The second-order valence-corrected chi connectivity index (χ2v) is 11.4. The lowest BCUT2D eigenvalue weighted by Crippen LogP contribution is -2.13. The number of aromatic nitrogens is 1. The van der Waals surface area contributed by atoms with Gasteiger partial charge in [-0.05, 0) is 42.5 Å². The van der Waals surface area contributed by atoms with Gasteiger partial charge in [0, 0.05) is 15.8 Å². The van der Waals surface area contributed by atoms with Crippen LogP contribution in [0.3, 0.4) is 0 Å². The Kier molecular flexibility index (Phi) is 5.46. The average molecular weight is 499 g/mol. The summed E-state index contributed by atoms with van der Waals surface area (Å²) in [5.74, 6) is 0.0827. The minimum Gasteiger partial charge on any atom is -0.506 e. The zero-order valence-corrected chi connectivity index (χ0v) is 19.5. The molecule has 0 aliphatic rings. The van der Waals surface area contributed by atoms with Gasteiger partial charge in [-0.1, -0.05) is 59.8 Å². The van der Waals surface area contributed by atoms with Crippen LogP contribution in [-0.2, 0) is 10.0 Å². The smallest absolute Gasteiger partial charge is 0.261 e. The molecular weight excluding hydrogens is 484 g/mol. The summed E-state index contributed by atoms with van der Waals surface area (Å²) in [6.45, 7) is 0. The van der Waals surface area contributed by atoms with Crippen LogP contribution in [0.25, 0.3) is 21.0 Å². The van der Waals surface area contributed by atoms with E-state index >= 15 is 0 Å². The first-order valence-electron chi connectivity index (χ1n) is 9.47. The normalized spacial score (nSPS) is 11.8. The number of sulfonamides is 1. The van der Waals surface area contributed by atoms with Crippen molar-refractivity contribution in [3.05, 3.63) is 83.9 Å². The molecule has 1 aromatic heterocycles. The van der Waals surface area contributed by atoms with E-state index in [1.807, 2.05) is 24.3 Å². The molecule has 0 spiro atoms. The van der Waals surface area contributed by atoms with Crippen molar-refractivity contribution in [1.82, 2.24) is 4.98 Å². The lowest BCUT2D eigenvalue weighted by Gasteiger charge is -2.14. The number of rotatable bonds is 5. The molecule has 0 amide bonds. The summed E-state index contributed by atoms with van der Waals surface area (Å²) in [7, 11) is -3.86. The first kappa shape index (κ1) is 21.1. The number of nitrogens with zero attached hydrogens (tertiary/aromatic N) is 1. The van der Waals surface area contributed by atoms with E-state index in [9.17, 15) is 13.5 Å². The van der Waals surface area contributed by atoms with E-state index in [0.29, 0.717) is 26.4 Å². The highest BCUT2D eigenvalue weighted by molar-refractivity contribution is 8.01. The fraction of sp³-hybridized carbons (Fsp3) is 0. The maximum Gasteiger partial charge on any atom is 0.261 e. The van der Waals surface area contributed by atoms with Crippen LogP contribution in [-0.4, -0.2) is 18.5 Å². The van der Waals surface area contributed by atoms with E-state index in [1.54, 1.807) is 30.3 Å². The Hall–Kier alpha value is -2.78. The minimum atomic E-state index is -3.86. The van der Waals surface area contributed by atoms with E-state index in [-0.39, 0.29) is 10.6 Å². The molecule has 0 fully saturated rings. The predicted molar refractivity (Wildman–Crippen MR) is 132 cm³/mol. The van der Waals surface area contributed by atoms with Gasteiger partial charge in [-0.2, -0.15) is 0 Å². The molecule has 4 aromatic carbocycles. The third kappa shape index (κ3) is 4.02. The molecule has 5 rings (SSSR count). The first-order valence-corrected chi connectivity index (χ1v) is 13.0. The fourth-order valence-corrected chi connectivity index (χ4v) is 6.62. The lowest BCUT2D eigenvalue weighted by atomic mass is 10.1. The summed E-state index contributed by atoms with van der Waals surface area (Å²) >= 11 is 8.70. The van der Waals surface area contributed by atoms with Crippen molar-refractivity contribution < 1.29 is 13.5 Å². The number of halogens is 1. The molecule has 0 unspecified atom stereocenters. The zero-order chi connectivity index (χ0) is 22.3. The number of thiazole rings is 1. The Bertz CT molecular complexity index is 1530. The van der Waals surface area contributed by atoms with Gasteiger partial charge in [-0.25, -0.2) is 13.4 Å². The van der Waals surface area contributed by atoms with Crippen LogP contribution in [0.2, 0.25) is 5.02 Å². The maximum atomic E-state index is 13.0. The van der Waals surface area contributed by atoms with Crippen LogP contribution in [0, 0.1) is 0 Å². The molecule has 9 heteroatoms. The van der Waals surface area contributed by atoms with Crippen molar-refractivity contribution in [2.75, 3.05) is 4.72 Å². The summed E-state index contributed by atoms with van der Waals surface area (Å²) in [5, 5.41) is 12.5. The van der Waals surface area contributed by atoms with Gasteiger partial charge in [0.2, 0.25) is 0 Å². The van der Waals surface area contributed by atoms with Crippen LogP contribution < -0.4 is 4.72 Å². The van der Waals surface area contributed by atoms with Crippen LogP contribution in [0.4, 0.5) is 5.69 Å². The molecule has 0 aliphatic carbocycles. The first-order chi connectivity index (χ1) is 15.4. The highest BCUT2D eigenvalue weighted by Crippen LogP contribution is 2.44. The van der Waals surface area contributed by atoms with Gasteiger partial charge >= 0.3 is 0 Å². The van der Waals surface area contributed by atoms with Crippen molar-refractivity contribution in [2.24, 2.45) is 0 Å². The molecule has 0 saturated heterocycles. The van der Waals surface area contributed by atoms with Crippen molar-refractivity contribution in [3.8, 4) is 5.75 Å². The monoisotopic (exact) mass is 498 g/mol. The highest BCUT2D eigenvalue weighted by atomic mass is 35.5. The van der Waals surface area contributed by atoms with Gasteiger partial charge in [0.1, 0.15) is 5.75 Å². The second kappa shape index (κ2) is 8.29. The molecule has 5 aromatic rings. The second-order valence-electron chi connectivity index (χ2n) is 6.93. The third-order valence-electron chi connectivity index (χ3n) is 4.82. The molecule has 1 heterocycles. The lowest BCUT2D eigenvalue weighted by molar-refractivity contribution is 0.469. The molecule has 2 N–H and O–H groups in total. The van der Waals surface area contributed by atoms with Crippen molar-refractivity contribution in [1.29, 1.82) is 0 Å². The van der Waals surface area contributed by atoms with Crippen LogP contribution >= 0.6 is 34.7 Å². The number of para-hydroxylation sites is 1. The molecule has 0 radical (unpaired) electrons. The number of phenolic OH excluding ortho intramolecular Hbond substituents is 1. The molecule has 160 valence electrons. The van der Waals surface area contributed by atoms with Crippen molar-refractivity contribution >= 4 is 71.4 Å². The summed E-state index contributed by atoms with van der Waals surface area (Å²) in [6, 6.07) is 22.5. The van der Waals surface area contributed by atoms with Gasteiger partial charge in [0.15, 0.2) is 4.34 Å². The number of phenols is 1. The number of anilines is 1. The predicted octanol–water partition coefficient (Wildman–Crippen LogP) is 6.76. The topological polar surface area (TPSA) is 79.3 Å². The molecule has 0 saturated carbocycles. The van der Waals surface area contributed by atoms with Crippen molar-refractivity contribution in [3.63, 3.8) is 0 Å². The van der Waals surface area contributed by atoms with E-state index in [1.165, 1.54) is 47.4 Å². The number of benzene rings is 4. The summed E-state index contributed by atoms with van der Waals surface area (Å²) in [4.78, 5) is 5.22. The van der Waals surface area contributed by atoms with Gasteiger partial charge in [-0.15, -0.1) is 11.3 Å². The molecule has 0 bridgehead atoms. The van der Waals surface area contributed by atoms with Gasteiger partial charge < -0.3 is 5.11 Å². The fourth-order valence-electron chi connectivity index (χ4n) is 3.30. The SMILES string of the molecule is O=S(=O)(Nc1cc(Sc2nc3ccccc3s2)c(O)c2ccccc12)c1ccc(Cl)cc1. The molecule has 32 heavy (non-hydrogen) atoms. The molecule has 5 nitrogen and oxygen atoms in total. The third-order valence-corrected chi connectivity index (χ3v) is 8.58. The Morgan fingerprint density at radius 1 is 0.938 bits per heavy atom. The van der Waals surface area contributed by atoms with Crippen molar-refractivity contribution in [2.45, 2.75) is 14.1 Å². The maximum absolute atomic E-state index is 13.0. The Labute approximate surface area is 197 Å². The number of fused-ring (bicyclic) bond motifs is 2. The molecule has 0 aliphatic heterocycles.